The fourth-order valence-electron chi connectivity index (χ4n) is 1.83. The van der Waals surface area contributed by atoms with E-state index >= 15 is 0 Å². The minimum Gasteiger partial charge on any atom is -0.323 e. The number of para-hydroxylation sites is 2. The third-order valence-electron chi connectivity index (χ3n) is 3.03. The van der Waals surface area contributed by atoms with Crippen molar-refractivity contribution < 1.29 is 18.0 Å². The van der Waals surface area contributed by atoms with Crippen LogP contribution in [0.1, 0.15) is 6.92 Å². The third kappa shape index (κ3) is 2.60. The highest BCUT2D eigenvalue weighted by Crippen LogP contribution is 2.29. The second kappa shape index (κ2) is 4.65. The van der Waals surface area contributed by atoms with Crippen molar-refractivity contribution in [1.82, 2.24) is 0 Å². The summed E-state index contributed by atoms with van der Waals surface area (Å²) in [5.41, 5.74) is 1.02. The summed E-state index contributed by atoms with van der Waals surface area (Å²) < 4.78 is 22.9. The molecule has 0 aromatic heterocycles. The zero-order chi connectivity index (χ0) is 14.2. The molecule has 0 saturated carbocycles. The van der Waals surface area contributed by atoms with Gasteiger partial charge in [-0.25, -0.2) is 8.42 Å². The number of sulfone groups is 1. The van der Waals surface area contributed by atoms with Crippen LogP contribution in [0.15, 0.2) is 24.3 Å². The van der Waals surface area contributed by atoms with E-state index in [-0.39, 0.29) is 12.5 Å². The van der Waals surface area contributed by atoms with Crippen LogP contribution in [0.4, 0.5) is 11.4 Å². The Hall–Kier alpha value is -1.89. The van der Waals surface area contributed by atoms with E-state index in [1.807, 2.05) is 0 Å². The van der Waals surface area contributed by atoms with Crippen molar-refractivity contribution in [3.63, 3.8) is 0 Å². The molecule has 1 N–H and O–H groups in total. The fraction of sp³-hybridized carbons (Fsp3) is 0.333. The molecule has 1 aliphatic heterocycles. The molecule has 102 valence electrons. The molecule has 2 amide bonds. The van der Waals surface area contributed by atoms with Gasteiger partial charge in [-0.15, -0.1) is 0 Å². The molecule has 1 unspecified atom stereocenters. The first-order valence-electron chi connectivity index (χ1n) is 5.70. The van der Waals surface area contributed by atoms with Gasteiger partial charge in [-0.1, -0.05) is 12.1 Å². The molecule has 2 rings (SSSR count). The van der Waals surface area contributed by atoms with Crippen molar-refractivity contribution >= 4 is 33.0 Å². The van der Waals surface area contributed by atoms with Crippen LogP contribution in [0.3, 0.4) is 0 Å². The highest BCUT2D eigenvalue weighted by Gasteiger charge is 2.33. The molecule has 0 saturated heterocycles. The normalized spacial score (nSPS) is 16.5. The Labute approximate surface area is 111 Å². The first-order valence-corrected chi connectivity index (χ1v) is 7.65. The molecule has 19 heavy (non-hydrogen) atoms. The zero-order valence-electron chi connectivity index (χ0n) is 10.6. The van der Waals surface area contributed by atoms with E-state index in [2.05, 4.69) is 5.32 Å². The van der Waals surface area contributed by atoms with Crippen molar-refractivity contribution in [2.24, 2.45) is 0 Å². The lowest BCUT2D eigenvalue weighted by Crippen LogP contribution is -2.47. The second-order valence-electron chi connectivity index (χ2n) is 4.46. The second-order valence-corrected chi connectivity index (χ2v) is 6.83. The lowest BCUT2D eigenvalue weighted by Gasteiger charge is -2.30. The van der Waals surface area contributed by atoms with Gasteiger partial charge in [-0.2, -0.15) is 0 Å². The van der Waals surface area contributed by atoms with E-state index < -0.39 is 21.0 Å². The Kier molecular flexibility index (Phi) is 3.32. The summed E-state index contributed by atoms with van der Waals surface area (Å²) in [6, 6.07) is 6.79. The van der Waals surface area contributed by atoms with Gasteiger partial charge in [0.05, 0.1) is 11.4 Å². The van der Waals surface area contributed by atoms with Gasteiger partial charge in [0.2, 0.25) is 11.8 Å². The molecule has 1 aromatic carbocycles. The SMILES string of the molecule is CC(C(=O)N1CC(=O)Nc2ccccc21)S(C)(=O)=O. The van der Waals surface area contributed by atoms with E-state index in [0.29, 0.717) is 11.4 Å². The van der Waals surface area contributed by atoms with Crippen molar-refractivity contribution in [3.8, 4) is 0 Å². The summed E-state index contributed by atoms with van der Waals surface area (Å²) in [6.07, 6.45) is 1.01. The summed E-state index contributed by atoms with van der Waals surface area (Å²) in [5.74, 6) is -0.933. The van der Waals surface area contributed by atoms with E-state index in [0.717, 1.165) is 6.26 Å². The Morgan fingerprint density at radius 1 is 1.37 bits per heavy atom. The number of benzene rings is 1. The number of fused-ring (bicyclic) bond motifs is 1. The summed E-state index contributed by atoms with van der Waals surface area (Å²) >= 11 is 0. The summed E-state index contributed by atoms with van der Waals surface area (Å²) in [6.45, 7) is 1.16. The van der Waals surface area contributed by atoms with E-state index in [1.54, 1.807) is 24.3 Å². The number of nitrogens with zero attached hydrogens (tertiary/aromatic N) is 1. The zero-order valence-corrected chi connectivity index (χ0v) is 11.4. The van der Waals surface area contributed by atoms with Crippen molar-refractivity contribution in [2.75, 3.05) is 23.0 Å². The predicted molar refractivity (Wildman–Crippen MR) is 71.7 cm³/mol. The van der Waals surface area contributed by atoms with E-state index in [4.69, 9.17) is 0 Å². The summed E-state index contributed by atoms with van der Waals surface area (Å²) in [5, 5.41) is 1.47. The maximum Gasteiger partial charge on any atom is 0.245 e. The Morgan fingerprint density at radius 2 is 2.00 bits per heavy atom. The molecule has 0 radical (unpaired) electrons. The highest BCUT2D eigenvalue weighted by molar-refractivity contribution is 7.92. The number of amides is 2. The van der Waals surface area contributed by atoms with Crippen LogP contribution < -0.4 is 10.2 Å². The van der Waals surface area contributed by atoms with Crippen LogP contribution in [0.2, 0.25) is 0 Å². The third-order valence-corrected chi connectivity index (χ3v) is 4.51. The minimum absolute atomic E-state index is 0.171. The average Bonchev–Trinajstić information content (AvgIpc) is 2.34. The van der Waals surface area contributed by atoms with Crippen LogP contribution in [0.25, 0.3) is 0 Å². The lowest BCUT2D eigenvalue weighted by atomic mass is 10.2. The van der Waals surface area contributed by atoms with Gasteiger partial charge >= 0.3 is 0 Å². The van der Waals surface area contributed by atoms with Crippen LogP contribution in [0.5, 0.6) is 0 Å². The minimum atomic E-state index is -3.49. The molecule has 0 aliphatic carbocycles. The molecular weight excluding hydrogens is 268 g/mol. The Morgan fingerprint density at radius 3 is 2.63 bits per heavy atom. The first kappa shape index (κ1) is 13.5. The summed E-state index contributed by atoms with van der Waals surface area (Å²) in [4.78, 5) is 25.0. The van der Waals surface area contributed by atoms with Crippen LogP contribution >= 0.6 is 0 Å². The van der Waals surface area contributed by atoms with Crippen LogP contribution in [-0.4, -0.2) is 38.3 Å². The lowest BCUT2D eigenvalue weighted by molar-refractivity contribution is -0.121. The maximum atomic E-state index is 12.2. The molecular formula is C12H14N2O4S. The van der Waals surface area contributed by atoms with E-state index in [9.17, 15) is 18.0 Å². The molecule has 0 spiro atoms. The predicted octanol–water partition coefficient (Wildman–Crippen LogP) is 0.405. The van der Waals surface area contributed by atoms with Crippen LogP contribution in [0, 0.1) is 0 Å². The Bertz CT molecular complexity index is 639. The molecule has 0 fully saturated rings. The maximum absolute atomic E-state index is 12.2. The highest BCUT2D eigenvalue weighted by atomic mass is 32.2. The first-order chi connectivity index (χ1) is 8.80. The van der Waals surface area contributed by atoms with Gasteiger partial charge in [-0.05, 0) is 19.1 Å². The topological polar surface area (TPSA) is 83.6 Å². The molecule has 1 aromatic rings. The van der Waals surface area contributed by atoms with Gasteiger partial charge in [0, 0.05) is 6.26 Å². The number of carbonyl (C=O) groups excluding carboxylic acids is 2. The molecule has 6 nitrogen and oxygen atoms in total. The molecule has 7 heteroatoms. The number of rotatable bonds is 2. The fourth-order valence-corrected chi connectivity index (χ4v) is 2.33. The van der Waals surface area contributed by atoms with Gasteiger partial charge in [0.25, 0.3) is 0 Å². The van der Waals surface area contributed by atoms with E-state index in [1.165, 1.54) is 11.8 Å². The Balaban J connectivity index is 2.41. The number of hydrogen-bond acceptors (Lipinski definition) is 4. The average molecular weight is 282 g/mol. The summed E-state index contributed by atoms with van der Waals surface area (Å²) in [7, 11) is -3.49. The molecule has 0 bridgehead atoms. The van der Waals surface area contributed by atoms with Crippen molar-refractivity contribution in [1.29, 1.82) is 0 Å². The molecule has 1 aliphatic rings. The van der Waals surface area contributed by atoms with Crippen molar-refractivity contribution in [2.45, 2.75) is 12.2 Å². The van der Waals surface area contributed by atoms with Crippen molar-refractivity contribution in [3.05, 3.63) is 24.3 Å². The standard InChI is InChI=1S/C12H14N2O4S/c1-8(19(2,17)18)12(16)14-7-11(15)13-9-5-3-4-6-10(9)14/h3-6,8H,7H2,1-2H3,(H,13,15). The quantitative estimate of drug-likeness (QED) is 0.851. The largest absolute Gasteiger partial charge is 0.323 e. The van der Waals surface area contributed by atoms with Gasteiger partial charge in [0.15, 0.2) is 9.84 Å². The van der Waals surface area contributed by atoms with Gasteiger partial charge in [0.1, 0.15) is 11.8 Å². The van der Waals surface area contributed by atoms with Gasteiger partial charge < -0.3 is 5.32 Å². The van der Waals surface area contributed by atoms with Crippen LogP contribution in [-0.2, 0) is 19.4 Å². The smallest absolute Gasteiger partial charge is 0.245 e. The van der Waals surface area contributed by atoms with Gasteiger partial charge in [-0.3, -0.25) is 14.5 Å². The molecule has 1 heterocycles. The monoisotopic (exact) mass is 282 g/mol. The number of carbonyl (C=O) groups is 2. The number of hydrogen-bond donors (Lipinski definition) is 1. The number of nitrogens with one attached hydrogen (secondary N) is 1. The number of anilines is 2. The molecule has 1 atom stereocenters.